The molecule has 0 saturated heterocycles. The number of anilines is 1. The van der Waals surface area contributed by atoms with Gasteiger partial charge in [-0.3, -0.25) is 14.4 Å². The maximum atomic E-state index is 12.1. The van der Waals surface area contributed by atoms with Gasteiger partial charge in [-0.05, 0) is 25.1 Å². The fourth-order valence-electron chi connectivity index (χ4n) is 2.00. The summed E-state index contributed by atoms with van der Waals surface area (Å²) in [5, 5.41) is 2.63. The van der Waals surface area contributed by atoms with Crippen molar-refractivity contribution in [2.45, 2.75) is 19.6 Å². The topological polar surface area (TPSA) is 86.6 Å². The predicted octanol–water partition coefficient (Wildman–Crippen LogP) is 1.43. The molecule has 1 aromatic carbocycles. The third-order valence-corrected chi connectivity index (χ3v) is 3.24. The highest BCUT2D eigenvalue weighted by molar-refractivity contribution is 5.96. The molecule has 0 unspecified atom stereocenters. The van der Waals surface area contributed by atoms with Crippen molar-refractivity contribution in [2.75, 3.05) is 12.4 Å². The highest BCUT2D eigenvalue weighted by atomic mass is 16.5. The first kappa shape index (κ1) is 17.3. The van der Waals surface area contributed by atoms with Crippen LogP contribution in [0.15, 0.2) is 53.5 Å². The molecule has 1 amide bonds. The Bertz CT molecular complexity index is 784. The van der Waals surface area contributed by atoms with E-state index in [0.717, 1.165) is 0 Å². The molecule has 0 fully saturated rings. The molecule has 0 aliphatic rings. The number of aromatic nitrogens is 1. The van der Waals surface area contributed by atoms with Crippen LogP contribution in [-0.2, 0) is 20.9 Å². The Kier molecular flexibility index (Phi) is 5.73. The predicted molar refractivity (Wildman–Crippen MR) is 87.9 cm³/mol. The number of carbonyl (C=O) groups is 2. The van der Waals surface area contributed by atoms with Gasteiger partial charge in [-0.2, -0.15) is 0 Å². The molecule has 1 heterocycles. The van der Waals surface area contributed by atoms with Gasteiger partial charge in [-0.15, -0.1) is 0 Å². The van der Waals surface area contributed by atoms with Crippen LogP contribution in [0, 0.1) is 0 Å². The van der Waals surface area contributed by atoms with Crippen LogP contribution in [0.25, 0.3) is 0 Å². The number of benzene rings is 1. The standard InChI is InChI=1S/C17H18N2O5/c1-12(17(22)18-13-7-3-4-8-14(13)23-2)24-16(21)11-19-10-6-5-9-15(19)20/h3-10,12H,11H2,1-2H3,(H,18,22)/t12-/m0/s1. The summed E-state index contributed by atoms with van der Waals surface area (Å²) in [6.45, 7) is 1.20. The fraction of sp³-hybridized carbons (Fsp3) is 0.235. The van der Waals surface area contributed by atoms with E-state index in [-0.39, 0.29) is 12.1 Å². The molecule has 1 N–H and O–H groups in total. The average Bonchev–Trinajstić information content (AvgIpc) is 2.57. The number of hydrogen-bond acceptors (Lipinski definition) is 5. The number of hydrogen-bond donors (Lipinski definition) is 1. The number of amides is 1. The minimum absolute atomic E-state index is 0.258. The summed E-state index contributed by atoms with van der Waals surface area (Å²) >= 11 is 0. The Labute approximate surface area is 138 Å². The van der Waals surface area contributed by atoms with Gasteiger partial charge in [-0.1, -0.05) is 18.2 Å². The third kappa shape index (κ3) is 4.45. The van der Waals surface area contributed by atoms with Crippen LogP contribution in [0.5, 0.6) is 5.75 Å². The van der Waals surface area contributed by atoms with Crippen LogP contribution in [0.2, 0.25) is 0 Å². The highest BCUT2D eigenvalue weighted by Gasteiger charge is 2.19. The molecule has 0 aliphatic carbocycles. The Hall–Kier alpha value is -3.09. The van der Waals surface area contributed by atoms with Crippen molar-refractivity contribution >= 4 is 17.6 Å². The molecule has 1 atom stereocenters. The molecule has 1 aromatic heterocycles. The van der Waals surface area contributed by atoms with Crippen molar-refractivity contribution in [3.63, 3.8) is 0 Å². The molecule has 0 radical (unpaired) electrons. The van der Waals surface area contributed by atoms with Crippen LogP contribution in [-0.4, -0.2) is 29.7 Å². The van der Waals surface area contributed by atoms with E-state index in [2.05, 4.69) is 5.32 Å². The lowest BCUT2D eigenvalue weighted by molar-refractivity contribution is -0.153. The van der Waals surface area contributed by atoms with Gasteiger partial charge >= 0.3 is 5.97 Å². The van der Waals surface area contributed by atoms with Gasteiger partial charge in [0.2, 0.25) is 0 Å². The van der Waals surface area contributed by atoms with E-state index < -0.39 is 18.0 Å². The van der Waals surface area contributed by atoms with E-state index in [9.17, 15) is 14.4 Å². The molecule has 126 valence electrons. The largest absolute Gasteiger partial charge is 0.495 e. The summed E-state index contributed by atoms with van der Waals surface area (Å²) in [5.74, 6) is -0.667. The van der Waals surface area contributed by atoms with Gasteiger partial charge in [0.15, 0.2) is 6.10 Å². The molecule has 0 spiro atoms. The number of para-hydroxylation sites is 2. The van der Waals surface area contributed by atoms with Gasteiger partial charge in [0.1, 0.15) is 12.3 Å². The normalized spacial score (nSPS) is 11.4. The van der Waals surface area contributed by atoms with Gasteiger partial charge in [0.05, 0.1) is 12.8 Å². The maximum Gasteiger partial charge on any atom is 0.326 e. The zero-order chi connectivity index (χ0) is 17.5. The number of pyridine rings is 1. The summed E-state index contributed by atoms with van der Waals surface area (Å²) in [6.07, 6.45) is 0.463. The Morgan fingerprint density at radius 1 is 1.17 bits per heavy atom. The SMILES string of the molecule is COc1ccccc1NC(=O)[C@H](C)OC(=O)Cn1ccccc1=O. The second-order valence-corrected chi connectivity index (χ2v) is 4.99. The van der Waals surface area contributed by atoms with E-state index in [1.54, 1.807) is 36.4 Å². The molecule has 0 aliphatic heterocycles. The van der Waals surface area contributed by atoms with Crippen LogP contribution in [0.1, 0.15) is 6.92 Å². The quantitative estimate of drug-likeness (QED) is 0.810. The molecule has 2 rings (SSSR count). The number of nitrogens with zero attached hydrogens (tertiary/aromatic N) is 1. The summed E-state index contributed by atoms with van der Waals surface area (Å²) in [4.78, 5) is 35.5. The van der Waals surface area contributed by atoms with Crippen molar-refractivity contribution < 1.29 is 19.1 Å². The van der Waals surface area contributed by atoms with Crippen molar-refractivity contribution in [1.29, 1.82) is 0 Å². The number of rotatable bonds is 6. The van der Waals surface area contributed by atoms with Gasteiger partial charge in [0.25, 0.3) is 11.5 Å². The molecule has 0 bridgehead atoms. The second kappa shape index (κ2) is 7.96. The monoisotopic (exact) mass is 330 g/mol. The lowest BCUT2D eigenvalue weighted by atomic mass is 10.2. The van der Waals surface area contributed by atoms with Crippen LogP contribution in [0.4, 0.5) is 5.69 Å². The third-order valence-electron chi connectivity index (χ3n) is 3.24. The summed E-state index contributed by atoms with van der Waals surface area (Å²) < 4.78 is 11.4. The van der Waals surface area contributed by atoms with E-state index >= 15 is 0 Å². The van der Waals surface area contributed by atoms with Crippen LogP contribution < -0.4 is 15.6 Å². The molecule has 7 heteroatoms. The molecular formula is C17H18N2O5. The molecule has 7 nitrogen and oxygen atoms in total. The highest BCUT2D eigenvalue weighted by Crippen LogP contribution is 2.23. The van der Waals surface area contributed by atoms with E-state index in [1.165, 1.54) is 30.9 Å². The number of nitrogens with one attached hydrogen (secondary N) is 1. The average molecular weight is 330 g/mol. The maximum absolute atomic E-state index is 12.1. The number of methoxy groups -OCH3 is 1. The van der Waals surface area contributed by atoms with Gasteiger partial charge in [-0.25, -0.2) is 0 Å². The molecule has 0 saturated carbocycles. The zero-order valence-corrected chi connectivity index (χ0v) is 13.4. The van der Waals surface area contributed by atoms with Gasteiger partial charge < -0.3 is 19.4 Å². The van der Waals surface area contributed by atoms with Gasteiger partial charge in [0, 0.05) is 12.3 Å². The minimum atomic E-state index is -1.01. The Morgan fingerprint density at radius 2 is 1.88 bits per heavy atom. The minimum Gasteiger partial charge on any atom is -0.495 e. The van der Waals surface area contributed by atoms with Crippen molar-refractivity contribution in [3.05, 3.63) is 59.0 Å². The van der Waals surface area contributed by atoms with Crippen molar-refractivity contribution in [3.8, 4) is 5.75 Å². The lowest BCUT2D eigenvalue weighted by Crippen LogP contribution is -2.32. The first-order chi connectivity index (χ1) is 11.5. The fourth-order valence-corrected chi connectivity index (χ4v) is 2.00. The first-order valence-electron chi connectivity index (χ1n) is 7.30. The van der Waals surface area contributed by atoms with E-state index in [0.29, 0.717) is 11.4 Å². The summed E-state index contributed by atoms with van der Waals surface area (Å²) in [6, 6.07) is 11.4. The van der Waals surface area contributed by atoms with E-state index in [1.807, 2.05) is 0 Å². The van der Waals surface area contributed by atoms with Crippen molar-refractivity contribution in [2.24, 2.45) is 0 Å². The smallest absolute Gasteiger partial charge is 0.326 e. The number of carbonyl (C=O) groups excluding carboxylic acids is 2. The lowest BCUT2D eigenvalue weighted by Gasteiger charge is -2.15. The second-order valence-electron chi connectivity index (χ2n) is 4.99. The van der Waals surface area contributed by atoms with Crippen molar-refractivity contribution in [1.82, 2.24) is 4.57 Å². The Balaban J connectivity index is 1.95. The zero-order valence-electron chi connectivity index (χ0n) is 13.4. The Morgan fingerprint density at radius 3 is 2.58 bits per heavy atom. The molecule has 2 aromatic rings. The first-order valence-corrected chi connectivity index (χ1v) is 7.30. The molecule has 24 heavy (non-hydrogen) atoms. The summed E-state index contributed by atoms with van der Waals surface area (Å²) in [7, 11) is 1.49. The molecular weight excluding hydrogens is 312 g/mol. The number of ether oxygens (including phenoxy) is 2. The van der Waals surface area contributed by atoms with E-state index in [4.69, 9.17) is 9.47 Å². The van der Waals surface area contributed by atoms with Crippen LogP contribution >= 0.6 is 0 Å². The number of esters is 1. The summed E-state index contributed by atoms with van der Waals surface area (Å²) in [5.41, 5.74) is 0.160. The van der Waals surface area contributed by atoms with Crippen LogP contribution in [0.3, 0.4) is 0 Å².